The molecule has 0 unspecified atom stereocenters. The lowest BCUT2D eigenvalue weighted by atomic mass is 10.1. The molecule has 0 atom stereocenters. The molecule has 0 spiro atoms. The Balaban J connectivity index is 1.59. The Morgan fingerprint density at radius 3 is 2.48 bits per heavy atom. The molecule has 0 N–H and O–H groups in total. The molecule has 1 saturated heterocycles. The monoisotopic (exact) mass is 359 g/mol. The molecule has 0 amide bonds. The molecule has 23 heavy (non-hydrogen) atoms. The lowest BCUT2D eigenvalue weighted by molar-refractivity contribution is 0.628. The minimum Gasteiger partial charge on any atom is -0.236 e. The Kier molecular flexibility index (Phi) is 4.42. The molecule has 0 saturated carbocycles. The van der Waals surface area contributed by atoms with Gasteiger partial charge in [0.1, 0.15) is 10.8 Å². The topological polar surface area (TPSA) is 12.9 Å². The van der Waals surface area contributed by atoms with Gasteiger partial charge in [-0.3, -0.25) is 0 Å². The molecule has 3 aromatic rings. The van der Waals surface area contributed by atoms with Crippen LogP contribution in [0.5, 0.6) is 0 Å². The third-order valence-corrected chi connectivity index (χ3v) is 7.67. The van der Waals surface area contributed by atoms with E-state index in [1.165, 1.54) is 29.2 Å². The number of halogens is 1. The third kappa shape index (κ3) is 3.32. The normalized spacial score (nSPS) is 15.2. The fourth-order valence-corrected chi connectivity index (χ4v) is 6.22. The van der Waals surface area contributed by atoms with E-state index >= 15 is 0 Å². The second-order valence-corrected chi connectivity index (χ2v) is 8.83. The van der Waals surface area contributed by atoms with E-state index in [1.54, 1.807) is 17.4 Å². The van der Waals surface area contributed by atoms with Crippen LogP contribution < -0.4 is 0 Å². The van der Waals surface area contributed by atoms with Gasteiger partial charge < -0.3 is 0 Å². The first-order valence-corrected chi connectivity index (χ1v) is 10.3. The molecule has 5 heteroatoms. The van der Waals surface area contributed by atoms with Gasteiger partial charge in [-0.25, -0.2) is 9.37 Å². The second kappa shape index (κ2) is 6.67. The van der Waals surface area contributed by atoms with Crippen molar-refractivity contribution in [3.63, 3.8) is 0 Å². The van der Waals surface area contributed by atoms with Gasteiger partial charge >= 0.3 is 0 Å². The van der Waals surface area contributed by atoms with Crippen LogP contribution in [-0.4, -0.2) is 16.5 Å². The first-order valence-electron chi connectivity index (χ1n) is 7.34. The number of nitrogens with zero attached hydrogens (tertiary/aromatic N) is 1. The molecule has 2 heterocycles. The van der Waals surface area contributed by atoms with Crippen LogP contribution in [0.25, 0.3) is 21.8 Å². The number of hydrogen-bond acceptors (Lipinski definition) is 4. The fraction of sp³-hybridized carbons (Fsp3) is 0.167. The Labute approximate surface area is 147 Å². The van der Waals surface area contributed by atoms with Crippen LogP contribution in [0.15, 0.2) is 53.9 Å². The highest BCUT2D eigenvalue weighted by atomic mass is 32.2. The van der Waals surface area contributed by atoms with E-state index in [0.29, 0.717) is 4.58 Å². The van der Waals surface area contributed by atoms with Crippen LogP contribution in [0, 0.1) is 5.82 Å². The second-order valence-electron chi connectivity index (χ2n) is 5.24. The first kappa shape index (κ1) is 15.2. The van der Waals surface area contributed by atoms with Gasteiger partial charge in [-0.1, -0.05) is 36.4 Å². The quantitative estimate of drug-likeness (QED) is 0.561. The highest BCUT2D eigenvalue weighted by molar-refractivity contribution is 8.19. The number of hydrogen-bond donors (Lipinski definition) is 0. The minimum atomic E-state index is -0.229. The van der Waals surface area contributed by atoms with Crippen molar-refractivity contribution < 1.29 is 4.39 Å². The van der Waals surface area contributed by atoms with Crippen molar-refractivity contribution >= 4 is 34.9 Å². The zero-order valence-corrected chi connectivity index (χ0v) is 14.7. The predicted molar refractivity (Wildman–Crippen MR) is 101 cm³/mol. The predicted octanol–water partition coefficient (Wildman–Crippen LogP) is 6.09. The molecule has 4 rings (SSSR count). The number of aromatic nitrogens is 1. The van der Waals surface area contributed by atoms with E-state index in [0.717, 1.165) is 21.8 Å². The lowest BCUT2D eigenvalue weighted by Crippen LogP contribution is -1.85. The van der Waals surface area contributed by atoms with Gasteiger partial charge in [-0.15, -0.1) is 34.9 Å². The number of benzene rings is 2. The fourth-order valence-electron chi connectivity index (χ4n) is 2.52. The molecule has 1 aliphatic rings. The summed E-state index contributed by atoms with van der Waals surface area (Å²) in [4.78, 5) is 4.66. The molecule has 0 radical (unpaired) electrons. The van der Waals surface area contributed by atoms with Gasteiger partial charge in [-0.2, -0.15) is 0 Å². The molecule has 1 aliphatic heterocycles. The molecule has 0 aliphatic carbocycles. The van der Waals surface area contributed by atoms with E-state index in [-0.39, 0.29) is 5.82 Å². The van der Waals surface area contributed by atoms with Gasteiger partial charge in [0, 0.05) is 28.0 Å². The van der Waals surface area contributed by atoms with Crippen molar-refractivity contribution in [2.45, 2.75) is 4.58 Å². The van der Waals surface area contributed by atoms with Crippen LogP contribution in [0.1, 0.15) is 10.1 Å². The zero-order valence-electron chi connectivity index (χ0n) is 12.2. The summed E-state index contributed by atoms with van der Waals surface area (Å²) >= 11 is 5.63. The summed E-state index contributed by atoms with van der Waals surface area (Å²) in [6.07, 6.45) is 0. The van der Waals surface area contributed by atoms with Crippen LogP contribution in [-0.2, 0) is 0 Å². The van der Waals surface area contributed by atoms with Crippen molar-refractivity contribution in [1.82, 2.24) is 4.98 Å². The van der Waals surface area contributed by atoms with Gasteiger partial charge in [0.25, 0.3) is 0 Å². The average Bonchev–Trinajstić information content (AvgIpc) is 3.27. The Hall–Kier alpha value is -1.30. The van der Waals surface area contributed by atoms with Crippen molar-refractivity contribution in [2.24, 2.45) is 0 Å². The van der Waals surface area contributed by atoms with Crippen LogP contribution in [0.3, 0.4) is 0 Å². The first-order chi connectivity index (χ1) is 11.3. The van der Waals surface area contributed by atoms with Crippen molar-refractivity contribution in [2.75, 3.05) is 11.5 Å². The van der Waals surface area contributed by atoms with E-state index in [2.05, 4.69) is 29.2 Å². The zero-order chi connectivity index (χ0) is 15.6. The molecule has 0 bridgehead atoms. The summed E-state index contributed by atoms with van der Waals surface area (Å²) in [5.41, 5.74) is 4.15. The van der Waals surface area contributed by atoms with E-state index < -0.39 is 0 Å². The molecule has 1 nitrogen and oxygen atoms in total. The number of thiazole rings is 1. The summed E-state index contributed by atoms with van der Waals surface area (Å²) in [5, 5.41) is 2.96. The Morgan fingerprint density at radius 2 is 1.74 bits per heavy atom. The van der Waals surface area contributed by atoms with Crippen molar-refractivity contribution in [1.29, 1.82) is 0 Å². The van der Waals surface area contributed by atoms with Crippen molar-refractivity contribution in [3.8, 4) is 21.8 Å². The Bertz CT molecular complexity index is 807. The van der Waals surface area contributed by atoms with E-state index in [9.17, 15) is 4.39 Å². The highest BCUT2D eigenvalue weighted by Gasteiger charge is 2.18. The molecular weight excluding hydrogens is 345 g/mol. The maximum absolute atomic E-state index is 13.3. The number of rotatable bonds is 3. The largest absolute Gasteiger partial charge is 0.236 e. The summed E-state index contributed by atoms with van der Waals surface area (Å²) in [5.74, 6) is 2.24. The van der Waals surface area contributed by atoms with Crippen LogP contribution in [0.4, 0.5) is 4.39 Å². The van der Waals surface area contributed by atoms with E-state index in [1.807, 2.05) is 35.0 Å². The minimum absolute atomic E-state index is 0.229. The lowest BCUT2D eigenvalue weighted by Gasteiger charge is -2.08. The summed E-state index contributed by atoms with van der Waals surface area (Å²) in [6.45, 7) is 0. The van der Waals surface area contributed by atoms with E-state index in [4.69, 9.17) is 0 Å². The standard InChI is InChI=1S/C18H14FNS3/c19-15-3-1-2-14(10-15)16-11-23-17(20-16)12-4-6-13(7-5-12)18-21-8-9-22-18/h1-7,10-11,18H,8-9H2. The SMILES string of the molecule is Fc1cccc(-c2csc(-c3ccc(C4SCCS4)cc3)n2)c1. The van der Waals surface area contributed by atoms with Crippen LogP contribution in [0.2, 0.25) is 0 Å². The molecule has 116 valence electrons. The van der Waals surface area contributed by atoms with Gasteiger partial charge in [0.15, 0.2) is 0 Å². The maximum atomic E-state index is 13.3. The molecule has 2 aromatic carbocycles. The number of thioether (sulfide) groups is 2. The molecular formula is C18H14FNS3. The molecule has 1 aromatic heterocycles. The highest BCUT2D eigenvalue weighted by Crippen LogP contribution is 2.45. The maximum Gasteiger partial charge on any atom is 0.124 e. The third-order valence-electron chi connectivity index (χ3n) is 3.68. The summed E-state index contributed by atoms with van der Waals surface area (Å²) in [7, 11) is 0. The van der Waals surface area contributed by atoms with Gasteiger partial charge in [0.2, 0.25) is 0 Å². The van der Waals surface area contributed by atoms with Gasteiger partial charge in [0.05, 0.1) is 10.3 Å². The summed E-state index contributed by atoms with van der Waals surface area (Å²) in [6, 6.07) is 15.3. The average molecular weight is 360 g/mol. The Morgan fingerprint density at radius 1 is 0.957 bits per heavy atom. The van der Waals surface area contributed by atoms with Crippen molar-refractivity contribution in [3.05, 3.63) is 65.3 Å². The molecule has 1 fully saturated rings. The summed E-state index contributed by atoms with van der Waals surface area (Å²) < 4.78 is 13.9. The van der Waals surface area contributed by atoms with Crippen LogP contribution >= 0.6 is 34.9 Å². The van der Waals surface area contributed by atoms with Gasteiger partial charge in [-0.05, 0) is 17.7 Å². The smallest absolute Gasteiger partial charge is 0.124 e.